The van der Waals surface area contributed by atoms with Crippen LogP contribution in [0.15, 0.2) is 48.5 Å². The molecule has 0 unspecified atom stereocenters. The van der Waals surface area contributed by atoms with Crippen molar-refractivity contribution in [3.63, 3.8) is 0 Å². The maximum absolute atomic E-state index is 11.6. The third kappa shape index (κ3) is 3.13. The summed E-state index contributed by atoms with van der Waals surface area (Å²) in [6.07, 6.45) is -0.367. The molecule has 1 amide bonds. The van der Waals surface area contributed by atoms with Gasteiger partial charge in [-0.3, -0.25) is 0 Å². The number of nitrogens with zero attached hydrogens (tertiary/aromatic N) is 1. The minimum absolute atomic E-state index is 0.367. The van der Waals surface area contributed by atoms with Crippen LogP contribution in [0.5, 0.6) is 5.75 Å². The molecule has 0 spiro atoms. The Morgan fingerprint density at radius 3 is 2.32 bits per heavy atom. The molecule has 0 saturated heterocycles. The van der Waals surface area contributed by atoms with Gasteiger partial charge >= 0.3 is 6.09 Å². The van der Waals surface area contributed by atoms with Gasteiger partial charge in [-0.1, -0.05) is 42.5 Å². The molecule has 2 aromatic rings. The Kier molecular flexibility index (Phi) is 3.85. The molecule has 0 aliphatic heterocycles. The van der Waals surface area contributed by atoms with Crippen molar-refractivity contribution >= 4 is 6.09 Å². The monoisotopic (exact) mass is 255 g/mol. The summed E-state index contributed by atoms with van der Waals surface area (Å²) in [4.78, 5) is 13.0. The van der Waals surface area contributed by atoms with Crippen LogP contribution >= 0.6 is 0 Å². The highest BCUT2D eigenvalue weighted by atomic mass is 16.6. The molecule has 0 heterocycles. The molecule has 3 heteroatoms. The van der Waals surface area contributed by atoms with Crippen LogP contribution in [0.3, 0.4) is 0 Å². The standard InChI is InChI=1S/C16H17NO2/c1-12-9-10-14(13-7-5-4-6-8-13)11-15(12)19-16(18)17(2)3/h4-11H,1-3H3. The molecular formula is C16H17NO2. The lowest BCUT2D eigenvalue weighted by atomic mass is 10.0. The Morgan fingerprint density at radius 2 is 1.68 bits per heavy atom. The quantitative estimate of drug-likeness (QED) is 0.818. The molecule has 0 aliphatic carbocycles. The van der Waals surface area contributed by atoms with E-state index in [-0.39, 0.29) is 6.09 Å². The van der Waals surface area contributed by atoms with E-state index >= 15 is 0 Å². The fraction of sp³-hybridized carbons (Fsp3) is 0.188. The number of aryl methyl sites for hydroxylation is 1. The molecule has 0 bridgehead atoms. The molecule has 3 nitrogen and oxygen atoms in total. The van der Waals surface area contributed by atoms with Crippen LogP contribution in [0.2, 0.25) is 0 Å². The van der Waals surface area contributed by atoms with Gasteiger partial charge in [0.2, 0.25) is 0 Å². The van der Waals surface area contributed by atoms with E-state index < -0.39 is 0 Å². The lowest BCUT2D eigenvalue weighted by Crippen LogP contribution is -2.25. The van der Waals surface area contributed by atoms with Gasteiger partial charge in [-0.2, -0.15) is 0 Å². The molecule has 0 fully saturated rings. The maximum Gasteiger partial charge on any atom is 0.414 e. The van der Waals surface area contributed by atoms with Crippen molar-refractivity contribution in [2.45, 2.75) is 6.92 Å². The largest absolute Gasteiger partial charge is 0.414 e. The van der Waals surface area contributed by atoms with Gasteiger partial charge in [0.15, 0.2) is 0 Å². The topological polar surface area (TPSA) is 29.5 Å². The van der Waals surface area contributed by atoms with Crippen LogP contribution in [-0.2, 0) is 0 Å². The molecule has 0 aromatic heterocycles. The fourth-order valence-corrected chi connectivity index (χ4v) is 1.71. The average molecular weight is 255 g/mol. The second-order valence-corrected chi connectivity index (χ2v) is 4.61. The average Bonchev–Trinajstić information content (AvgIpc) is 2.42. The van der Waals surface area contributed by atoms with Crippen molar-refractivity contribution in [3.05, 3.63) is 54.1 Å². The van der Waals surface area contributed by atoms with Crippen LogP contribution in [0.1, 0.15) is 5.56 Å². The van der Waals surface area contributed by atoms with Crippen molar-refractivity contribution < 1.29 is 9.53 Å². The van der Waals surface area contributed by atoms with Gasteiger partial charge in [0.1, 0.15) is 5.75 Å². The summed E-state index contributed by atoms with van der Waals surface area (Å²) in [5, 5.41) is 0. The highest BCUT2D eigenvalue weighted by Gasteiger charge is 2.10. The van der Waals surface area contributed by atoms with Crippen LogP contribution < -0.4 is 4.74 Å². The molecular weight excluding hydrogens is 238 g/mol. The number of benzene rings is 2. The number of hydrogen-bond donors (Lipinski definition) is 0. The molecule has 0 N–H and O–H groups in total. The van der Waals surface area contributed by atoms with Gasteiger partial charge in [-0.05, 0) is 29.7 Å². The predicted octanol–water partition coefficient (Wildman–Crippen LogP) is 3.72. The molecule has 98 valence electrons. The lowest BCUT2D eigenvalue weighted by molar-refractivity contribution is 0.171. The molecule has 0 aliphatic rings. The van der Waals surface area contributed by atoms with Gasteiger partial charge in [-0.25, -0.2) is 4.79 Å². The minimum Gasteiger partial charge on any atom is -0.410 e. The van der Waals surface area contributed by atoms with Crippen LogP contribution in [0.25, 0.3) is 11.1 Å². The molecule has 0 radical (unpaired) electrons. The zero-order valence-electron chi connectivity index (χ0n) is 11.4. The molecule has 0 atom stereocenters. The molecule has 2 aromatic carbocycles. The highest BCUT2D eigenvalue weighted by molar-refractivity contribution is 5.72. The molecule has 19 heavy (non-hydrogen) atoms. The van der Waals surface area contributed by atoms with Gasteiger partial charge in [0.25, 0.3) is 0 Å². The van der Waals surface area contributed by atoms with Gasteiger partial charge in [0.05, 0.1) is 0 Å². The van der Waals surface area contributed by atoms with E-state index in [1.807, 2.05) is 55.5 Å². The van der Waals surface area contributed by atoms with Gasteiger partial charge in [-0.15, -0.1) is 0 Å². The SMILES string of the molecule is Cc1ccc(-c2ccccc2)cc1OC(=O)N(C)C. The first kappa shape index (κ1) is 13.1. The number of ether oxygens (including phenoxy) is 1. The summed E-state index contributed by atoms with van der Waals surface area (Å²) < 4.78 is 5.36. The van der Waals surface area contributed by atoms with Crippen molar-refractivity contribution in [2.24, 2.45) is 0 Å². The third-order valence-electron chi connectivity index (χ3n) is 2.86. The predicted molar refractivity (Wildman–Crippen MR) is 76.3 cm³/mol. The van der Waals surface area contributed by atoms with E-state index in [1.165, 1.54) is 4.90 Å². The normalized spacial score (nSPS) is 10.1. The summed E-state index contributed by atoms with van der Waals surface area (Å²) in [7, 11) is 3.33. The van der Waals surface area contributed by atoms with E-state index in [4.69, 9.17) is 4.74 Å². The zero-order valence-corrected chi connectivity index (χ0v) is 11.4. The van der Waals surface area contributed by atoms with Crippen LogP contribution in [0, 0.1) is 6.92 Å². The fourth-order valence-electron chi connectivity index (χ4n) is 1.71. The summed E-state index contributed by atoms with van der Waals surface area (Å²) in [5.74, 6) is 0.597. The van der Waals surface area contributed by atoms with Crippen molar-refractivity contribution in [2.75, 3.05) is 14.1 Å². The lowest BCUT2D eigenvalue weighted by Gasteiger charge is -2.13. The second-order valence-electron chi connectivity index (χ2n) is 4.61. The minimum atomic E-state index is -0.367. The smallest absolute Gasteiger partial charge is 0.410 e. The van der Waals surface area contributed by atoms with Crippen molar-refractivity contribution in [1.82, 2.24) is 4.90 Å². The number of carbonyl (C=O) groups excluding carboxylic acids is 1. The van der Waals surface area contributed by atoms with Gasteiger partial charge in [0, 0.05) is 14.1 Å². The Hall–Kier alpha value is -2.29. The number of amides is 1. The Bertz CT molecular complexity index is 577. The van der Waals surface area contributed by atoms with E-state index in [0.29, 0.717) is 5.75 Å². The molecule has 2 rings (SSSR count). The van der Waals surface area contributed by atoms with E-state index in [9.17, 15) is 4.79 Å². The van der Waals surface area contributed by atoms with Gasteiger partial charge < -0.3 is 9.64 Å². The Labute approximate surface area is 113 Å². The maximum atomic E-state index is 11.6. The van der Waals surface area contributed by atoms with Crippen LogP contribution in [-0.4, -0.2) is 25.1 Å². The zero-order chi connectivity index (χ0) is 13.8. The summed E-state index contributed by atoms with van der Waals surface area (Å²) in [5.41, 5.74) is 3.08. The van der Waals surface area contributed by atoms with E-state index in [2.05, 4.69) is 0 Å². The highest BCUT2D eigenvalue weighted by Crippen LogP contribution is 2.27. The first-order valence-electron chi connectivity index (χ1n) is 6.13. The number of carbonyl (C=O) groups is 1. The Morgan fingerprint density at radius 1 is 1.00 bits per heavy atom. The van der Waals surface area contributed by atoms with Crippen LogP contribution in [0.4, 0.5) is 4.79 Å². The summed E-state index contributed by atoms with van der Waals surface area (Å²) in [6, 6.07) is 15.9. The first-order chi connectivity index (χ1) is 9.08. The van der Waals surface area contributed by atoms with Crippen molar-refractivity contribution in [3.8, 4) is 16.9 Å². The number of hydrogen-bond acceptors (Lipinski definition) is 2. The first-order valence-corrected chi connectivity index (χ1v) is 6.13. The second kappa shape index (κ2) is 5.57. The van der Waals surface area contributed by atoms with E-state index in [1.54, 1.807) is 14.1 Å². The van der Waals surface area contributed by atoms with Crippen molar-refractivity contribution in [1.29, 1.82) is 0 Å². The van der Waals surface area contributed by atoms with E-state index in [0.717, 1.165) is 16.7 Å². The third-order valence-corrected chi connectivity index (χ3v) is 2.86. The molecule has 0 saturated carbocycles. The number of rotatable bonds is 2. The Balaban J connectivity index is 2.33. The summed E-state index contributed by atoms with van der Waals surface area (Å²) in [6.45, 7) is 1.92. The summed E-state index contributed by atoms with van der Waals surface area (Å²) >= 11 is 0.